The van der Waals surface area contributed by atoms with Gasteiger partial charge in [0.2, 0.25) is 0 Å². The van der Waals surface area contributed by atoms with Crippen molar-refractivity contribution >= 4 is 28.5 Å². The first-order chi connectivity index (χ1) is 13.6. The van der Waals surface area contributed by atoms with Gasteiger partial charge in [-0.25, -0.2) is 4.79 Å². The van der Waals surface area contributed by atoms with E-state index in [1.54, 1.807) is 23.0 Å². The Hall–Kier alpha value is -3.29. The first-order valence-corrected chi connectivity index (χ1v) is 9.53. The van der Waals surface area contributed by atoms with E-state index in [2.05, 4.69) is 10.1 Å². The van der Waals surface area contributed by atoms with Gasteiger partial charge in [0.05, 0.1) is 17.9 Å². The lowest BCUT2D eigenvalue weighted by Gasteiger charge is -2.17. The fraction of sp³-hybridized carbons (Fsp3) is 0.350. The summed E-state index contributed by atoms with van der Waals surface area (Å²) in [7, 11) is 1.80. The average Bonchev–Trinajstić information content (AvgIpc) is 3.48. The van der Waals surface area contributed by atoms with Gasteiger partial charge in [-0.1, -0.05) is 0 Å². The van der Waals surface area contributed by atoms with Gasteiger partial charge < -0.3 is 14.8 Å². The van der Waals surface area contributed by atoms with Gasteiger partial charge in [0, 0.05) is 62.1 Å². The topological polar surface area (TPSA) is 77.5 Å². The van der Waals surface area contributed by atoms with E-state index in [1.165, 1.54) is 0 Å². The van der Waals surface area contributed by atoms with Gasteiger partial charge in [0.1, 0.15) is 0 Å². The fourth-order valence-electron chi connectivity index (χ4n) is 4.07. The minimum absolute atomic E-state index is 0.00271. The Morgan fingerprint density at radius 1 is 1.21 bits per heavy atom. The minimum atomic E-state index is 0.00271. The molecule has 2 aliphatic rings. The van der Waals surface area contributed by atoms with E-state index >= 15 is 0 Å². The normalized spacial score (nSPS) is 20.0. The zero-order valence-corrected chi connectivity index (χ0v) is 15.7. The molecule has 1 N–H and O–H groups in total. The predicted octanol–water partition coefficient (Wildman–Crippen LogP) is 2.32. The van der Waals surface area contributed by atoms with Gasteiger partial charge in [-0.2, -0.15) is 5.10 Å². The van der Waals surface area contributed by atoms with Crippen LogP contribution in [0.3, 0.4) is 0 Å². The Labute approximate surface area is 162 Å². The molecule has 144 valence electrons. The van der Waals surface area contributed by atoms with Crippen molar-refractivity contribution in [2.24, 2.45) is 0 Å². The molecule has 2 aliphatic heterocycles. The van der Waals surface area contributed by atoms with Gasteiger partial charge in [0.15, 0.2) is 0 Å². The van der Waals surface area contributed by atoms with Crippen LogP contribution in [0, 0.1) is 0 Å². The lowest BCUT2D eigenvalue weighted by molar-refractivity contribution is 0.0787. The van der Waals surface area contributed by atoms with Gasteiger partial charge in [-0.3, -0.25) is 14.4 Å². The summed E-state index contributed by atoms with van der Waals surface area (Å²) in [5, 5.41) is 5.51. The molecule has 2 aromatic heterocycles. The van der Waals surface area contributed by atoms with E-state index in [9.17, 15) is 9.59 Å². The molecule has 8 nitrogen and oxygen atoms in total. The largest absolute Gasteiger partial charge is 0.361 e. The van der Waals surface area contributed by atoms with Crippen molar-refractivity contribution < 1.29 is 9.59 Å². The molecule has 0 radical (unpaired) electrons. The van der Waals surface area contributed by atoms with Gasteiger partial charge in [-0.15, -0.1) is 0 Å². The third-order valence-electron chi connectivity index (χ3n) is 5.74. The van der Waals surface area contributed by atoms with Crippen LogP contribution in [-0.2, 0) is 0 Å². The third kappa shape index (κ3) is 2.72. The number of aromatic nitrogens is 3. The highest BCUT2D eigenvalue weighted by atomic mass is 16.2. The van der Waals surface area contributed by atoms with Crippen molar-refractivity contribution in [1.29, 1.82) is 0 Å². The Balaban J connectivity index is 1.29. The smallest absolute Gasteiger partial charge is 0.324 e. The average molecular weight is 378 g/mol. The SMILES string of the molecule is CN1CCN(c2cnn(C3CCN(C(=O)c4ccc5[nH]ccc5c4)C3)c2)C1=O. The molecule has 0 saturated carbocycles. The number of amides is 3. The van der Waals surface area contributed by atoms with E-state index in [1.807, 2.05) is 46.2 Å². The molecule has 0 spiro atoms. The minimum Gasteiger partial charge on any atom is -0.361 e. The van der Waals surface area contributed by atoms with Crippen molar-refractivity contribution in [2.45, 2.75) is 12.5 Å². The lowest BCUT2D eigenvalue weighted by Crippen LogP contribution is -2.29. The summed E-state index contributed by atoms with van der Waals surface area (Å²) in [6, 6.07) is 7.85. The number of fused-ring (bicyclic) bond motifs is 1. The number of H-pyrrole nitrogens is 1. The number of aromatic amines is 1. The van der Waals surface area contributed by atoms with Crippen LogP contribution >= 0.6 is 0 Å². The molecule has 1 aromatic carbocycles. The van der Waals surface area contributed by atoms with Crippen molar-refractivity contribution in [1.82, 2.24) is 24.6 Å². The Bertz CT molecular complexity index is 1050. The van der Waals surface area contributed by atoms with E-state index in [0.717, 1.165) is 29.6 Å². The maximum atomic E-state index is 12.9. The van der Waals surface area contributed by atoms with Crippen molar-refractivity contribution in [3.63, 3.8) is 0 Å². The molecule has 3 aromatic rings. The van der Waals surface area contributed by atoms with Crippen LogP contribution in [0.15, 0.2) is 42.9 Å². The predicted molar refractivity (Wildman–Crippen MR) is 105 cm³/mol. The quantitative estimate of drug-likeness (QED) is 0.760. The lowest BCUT2D eigenvalue weighted by atomic mass is 10.1. The molecule has 2 saturated heterocycles. The molecule has 1 atom stereocenters. The van der Waals surface area contributed by atoms with Crippen LogP contribution in [-0.4, -0.2) is 69.7 Å². The summed E-state index contributed by atoms with van der Waals surface area (Å²) in [4.78, 5) is 33.6. The molecule has 2 fully saturated rings. The van der Waals surface area contributed by atoms with Crippen LogP contribution in [0.4, 0.5) is 10.5 Å². The van der Waals surface area contributed by atoms with Gasteiger partial charge in [0.25, 0.3) is 5.91 Å². The summed E-state index contributed by atoms with van der Waals surface area (Å²) >= 11 is 0. The number of hydrogen-bond acceptors (Lipinski definition) is 3. The Morgan fingerprint density at radius 3 is 2.93 bits per heavy atom. The van der Waals surface area contributed by atoms with Crippen molar-refractivity contribution in [3.8, 4) is 0 Å². The highest BCUT2D eigenvalue weighted by molar-refractivity contribution is 5.98. The molecule has 5 rings (SSSR count). The third-order valence-corrected chi connectivity index (χ3v) is 5.74. The van der Waals surface area contributed by atoms with Crippen LogP contribution in [0.2, 0.25) is 0 Å². The summed E-state index contributed by atoms with van der Waals surface area (Å²) < 4.78 is 1.89. The van der Waals surface area contributed by atoms with E-state index in [-0.39, 0.29) is 18.0 Å². The summed E-state index contributed by atoms with van der Waals surface area (Å²) in [6.45, 7) is 2.73. The van der Waals surface area contributed by atoms with Crippen LogP contribution in [0.5, 0.6) is 0 Å². The molecular weight excluding hydrogens is 356 g/mol. The zero-order valence-electron chi connectivity index (χ0n) is 15.7. The Morgan fingerprint density at radius 2 is 2.11 bits per heavy atom. The number of nitrogens with one attached hydrogen (secondary N) is 1. The highest BCUT2D eigenvalue weighted by Gasteiger charge is 2.31. The zero-order chi connectivity index (χ0) is 19.3. The number of anilines is 1. The number of carbonyl (C=O) groups is 2. The number of urea groups is 1. The second-order valence-electron chi connectivity index (χ2n) is 7.51. The van der Waals surface area contributed by atoms with Crippen molar-refractivity contribution in [2.75, 3.05) is 38.1 Å². The maximum Gasteiger partial charge on any atom is 0.324 e. The van der Waals surface area contributed by atoms with E-state index in [0.29, 0.717) is 25.2 Å². The molecular formula is C20H22N6O2. The number of hydrogen-bond donors (Lipinski definition) is 1. The summed E-state index contributed by atoms with van der Waals surface area (Å²) in [5.41, 5.74) is 2.55. The summed E-state index contributed by atoms with van der Waals surface area (Å²) in [6.07, 6.45) is 6.39. The number of carbonyl (C=O) groups excluding carboxylic acids is 2. The first kappa shape index (κ1) is 16.9. The monoisotopic (exact) mass is 378 g/mol. The van der Waals surface area contributed by atoms with E-state index in [4.69, 9.17) is 0 Å². The molecule has 3 amide bonds. The molecule has 4 heterocycles. The second-order valence-corrected chi connectivity index (χ2v) is 7.51. The molecule has 0 bridgehead atoms. The first-order valence-electron chi connectivity index (χ1n) is 9.53. The number of likely N-dealkylation sites (N-methyl/N-ethyl adjacent to an activating group) is 1. The van der Waals surface area contributed by atoms with E-state index < -0.39 is 0 Å². The number of likely N-dealkylation sites (tertiary alicyclic amines) is 1. The molecule has 0 aliphatic carbocycles. The highest BCUT2D eigenvalue weighted by Crippen LogP contribution is 2.26. The molecule has 1 unspecified atom stereocenters. The van der Waals surface area contributed by atoms with Gasteiger partial charge in [-0.05, 0) is 30.7 Å². The maximum absolute atomic E-state index is 12.9. The summed E-state index contributed by atoms with van der Waals surface area (Å²) in [5.74, 6) is 0.0503. The van der Waals surface area contributed by atoms with Crippen LogP contribution < -0.4 is 4.90 Å². The molecule has 8 heteroatoms. The van der Waals surface area contributed by atoms with Crippen LogP contribution in [0.25, 0.3) is 10.9 Å². The number of rotatable bonds is 3. The standard InChI is InChI=1S/C20H22N6O2/c1-23-8-9-25(20(23)28)17-11-22-26(13-17)16-5-7-24(12-16)19(27)15-2-3-18-14(10-15)4-6-21-18/h2-4,6,10-11,13,16,21H,5,7-9,12H2,1H3. The molecule has 28 heavy (non-hydrogen) atoms. The van der Waals surface area contributed by atoms with Crippen molar-refractivity contribution in [3.05, 3.63) is 48.4 Å². The fourth-order valence-corrected chi connectivity index (χ4v) is 4.07. The van der Waals surface area contributed by atoms with Crippen LogP contribution in [0.1, 0.15) is 22.8 Å². The second kappa shape index (κ2) is 6.40. The Kier molecular flexibility index (Phi) is 3.85. The number of nitrogens with zero attached hydrogens (tertiary/aromatic N) is 5. The number of benzene rings is 1. The van der Waals surface area contributed by atoms with Gasteiger partial charge >= 0.3 is 6.03 Å².